The van der Waals surface area contributed by atoms with Gasteiger partial charge in [-0.2, -0.15) is 5.10 Å². The van der Waals surface area contributed by atoms with Crippen LogP contribution in [0.3, 0.4) is 0 Å². The fraction of sp³-hybridized carbons (Fsp3) is 0.0556. The molecule has 2 amide bonds. The van der Waals surface area contributed by atoms with Crippen molar-refractivity contribution >= 4 is 34.5 Å². The van der Waals surface area contributed by atoms with Gasteiger partial charge in [0.1, 0.15) is 12.3 Å². The second-order valence-corrected chi connectivity index (χ2v) is 5.38. The van der Waals surface area contributed by atoms with Gasteiger partial charge in [0.15, 0.2) is 0 Å². The van der Waals surface area contributed by atoms with Crippen LogP contribution in [0.2, 0.25) is 0 Å². The summed E-state index contributed by atoms with van der Waals surface area (Å²) in [5, 5.41) is 5.69. The first-order valence-electron chi connectivity index (χ1n) is 7.43. The molecule has 6 heteroatoms. The molecule has 0 radical (unpaired) electrons. The van der Waals surface area contributed by atoms with Crippen molar-refractivity contribution in [1.82, 2.24) is 5.43 Å². The van der Waals surface area contributed by atoms with Gasteiger partial charge in [-0.15, -0.1) is 0 Å². The first kappa shape index (κ1) is 14.2. The minimum absolute atomic E-state index is 0.0951. The van der Waals surface area contributed by atoms with Gasteiger partial charge in [-0.25, -0.2) is 5.43 Å². The molecule has 0 unspecified atom stereocenters. The van der Waals surface area contributed by atoms with E-state index in [4.69, 9.17) is 4.42 Å². The number of benzene rings is 2. The van der Waals surface area contributed by atoms with Gasteiger partial charge in [0.05, 0.1) is 18.2 Å². The standard InChI is InChI=1S/C18H13N3O3/c22-16(20-19-10-13-6-3-9-24-13)11-21-15-8-2-5-12-4-1-7-14(17(12)15)18(21)23/h1-10H,11H2,(H,20,22)/b19-10-. The zero-order chi connectivity index (χ0) is 16.5. The van der Waals surface area contributed by atoms with E-state index >= 15 is 0 Å². The van der Waals surface area contributed by atoms with E-state index in [1.54, 1.807) is 18.2 Å². The molecule has 1 aliphatic rings. The third-order valence-electron chi connectivity index (χ3n) is 3.88. The third-order valence-corrected chi connectivity index (χ3v) is 3.88. The van der Waals surface area contributed by atoms with Gasteiger partial charge >= 0.3 is 0 Å². The Labute approximate surface area is 137 Å². The molecule has 0 saturated heterocycles. The Hall–Kier alpha value is -3.41. The summed E-state index contributed by atoms with van der Waals surface area (Å²) in [5.41, 5.74) is 3.77. The number of anilines is 1. The van der Waals surface area contributed by atoms with Crippen LogP contribution in [0.5, 0.6) is 0 Å². The van der Waals surface area contributed by atoms with E-state index in [2.05, 4.69) is 10.5 Å². The predicted molar refractivity (Wildman–Crippen MR) is 90.1 cm³/mol. The molecule has 4 rings (SSSR count). The predicted octanol–water partition coefficient (Wildman–Crippen LogP) is 2.54. The van der Waals surface area contributed by atoms with Gasteiger partial charge in [0.25, 0.3) is 11.8 Å². The van der Waals surface area contributed by atoms with Crippen molar-refractivity contribution in [2.45, 2.75) is 0 Å². The highest BCUT2D eigenvalue weighted by Gasteiger charge is 2.30. The smallest absolute Gasteiger partial charge is 0.260 e. The fourth-order valence-electron chi connectivity index (χ4n) is 2.85. The summed E-state index contributed by atoms with van der Waals surface area (Å²) < 4.78 is 5.08. The molecule has 6 nitrogen and oxygen atoms in total. The van der Waals surface area contributed by atoms with Crippen molar-refractivity contribution in [2.24, 2.45) is 5.10 Å². The van der Waals surface area contributed by atoms with E-state index in [-0.39, 0.29) is 18.4 Å². The molecule has 0 aliphatic carbocycles. The molecule has 24 heavy (non-hydrogen) atoms. The lowest BCUT2D eigenvalue weighted by Crippen LogP contribution is -2.37. The van der Waals surface area contributed by atoms with E-state index in [1.807, 2.05) is 30.3 Å². The molecule has 2 aromatic carbocycles. The van der Waals surface area contributed by atoms with Gasteiger partial charge in [-0.1, -0.05) is 24.3 Å². The van der Waals surface area contributed by atoms with Crippen LogP contribution < -0.4 is 10.3 Å². The molecule has 0 saturated carbocycles. The van der Waals surface area contributed by atoms with E-state index in [0.29, 0.717) is 11.3 Å². The van der Waals surface area contributed by atoms with Crippen molar-refractivity contribution in [3.8, 4) is 0 Å². The highest BCUT2D eigenvalue weighted by atomic mass is 16.3. The van der Waals surface area contributed by atoms with Gasteiger partial charge in [0, 0.05) is 10.9 Å². The van der Waals surface area contributed by atoms with Crippen LogP contribution in [0.4, 0.5) is 5.69 Å². The molecule has 0 spiro atoms. The summed E-state index contributed by atoms with van der Waals surface area (Å²) in [6, 6.07) is 14.7. The Morgan fingerprint density at radius 3 is 2.79 bits per heavy atom. The van der Waals surface area contributed by atoms with Crippen molar-refractivity contribution in [3.63, 3.8) is 0 Å². The van der Waals surface area contributed by atoms with Crippen LogP contribution in [0.1, 0.15) is 16.1 Å². The number of furan rings is 1. The first-order valence-corrected chi connectivity index (χ1v) is 7.43. The van der Waals surface area contributed by atoms with E-state index in [1.165, 1.54) is 17.4 Å². The quantitative estimate of drug-likeness (QED) is 0.593. The Balaban J connectivity index is 1.53. The number of carbonyl (C=O) groups excluding carboxylic acids is 2. The number of amides is 2. The molecular formula is C18H13N3O3. The molecule has 2 heterocycles. The molecule has 0 fully saturated rings. The molecule has 3 aromatic rings. The summed E-state index contributed by atoms with van der Waals surface area (Å²) in [4.78, 5) is 26.1. The molecule has 1 aliphatic heterocycles. The van der Waals surface area contributed by atoms with Gasteiger partial charge in [-0.3, -0.25) is 14.5 Å². The number of hydrogen-bond donors (Lipinski definition) is 1. The Bertz CT molecular complexity index is 956. The second-order valence-electron chi connectivity index (χ2n) is 5.38. The highest BCUT2D eigenvalue weighted by molar-refractivity contribution is 6.26. The van der Waals surface area contributed by atoms with Crippen molar-refractivity contribution in [2.75, 3.05) is 11.4 Å². The van der Waals surface area contributed by atoms with Crippen LogP contribution in [0, 0.1) is 0 Å². The summed E-state index contributed by atoms with van der Waals surface area (Å²) in [7, 11) is 0. The molecule has 1 aromatic heterocycles. The number of carbonyl (C=O) groups is 2. The monoisotopic (exact) mass is 319 g/mol. The molecule has 118 valence electrons. The lowest BCUT2D eigenvalue weighted by molar-refractivity contribution is -0.119. The largest absolute Gasteiger partial charge is 0.463 e. The van der Waals surface area contributed by atoms with E-state index in [9.17, 15) is 9.59 Å². The normalized spacial score (nSPS) is 13.2. The summed E-state index contributed by atoms with van der Waals surface area (Å²) in [6.45, 7) is -0.0951. The van der Waals surface area contributed by atoms with Gasteiger partial charge in [0.2, 0.25) is 0 Å². The van der Waals surface area contributed by atoms with E-state index in [0.717, 1.165) is 16.5 Å². The number of nitrogens with zero attached hydrogens (tertiary/aromatic N) is 2. The van der Waals surface area contributed by atoms with Crippen LogP contribution >= 0.6 is 0 Å². The average molecular weight is 319 g/mol. The fourth-order valence-corrected chi connectivity index (χ4v) is 2.85. The average Bonchev–Trinajstić information content (AvgIpc) is 3.19. The van der Waals surface area contributed by atoms with Gasteiger partial charge in [-0.05, 0) is 29.7 Å². The summed E-state index contributed by atoms with van der Waals surface area (Å²) in [6.07, 6.45) is 2.92. The number of hydrogen-bond acceptors (Lipinski definition) is 4. The maximum Gasteiger partial charge on any atom is 0.260 e. The molecule has 0 atom stereocenters. The Kier molecular flexibility index (Phi) is 3.35. The lowest BCUT2D eigenvalue weighted by atomic mass is 10.1. The Morgan fingerprint density at radius 1 is 1.17 bits per heavy atom. The highest BCUT2D eigenvalue weighted by Crippen LogP contribution is 2.36. The van der Waals surface area contributed by atoms with Gasteiger partial charge < -0.3 is 4.42 Å². The minimum atomic E-state index is -0.379. The third kappa shape index (κ3) is 2.34. The van der Waals surface area contributed by atoms with Crippen LogP contribution in [0.25, 0.3) is 10.8 Å². The van der Waals surface area contributed by atoms with Crippen LogP contribution in [0.15, 0.2) is 64.3 Å². The summed E-state index contributed by atoms with van der Waals surface area (Å²) >= 11 is 0. The molecular weight excluding hydrogens is 306 g/mol. The van der Waals surface area contributed by atoms with Crippen molar-refractivity contribution in [3.05, 3.63) is 66.1 Å². The number of nitrogens with one attached hydrogen (secondary N) is 1. The zero-order valence-corrected chi connectivity index (χ0v) is 12.6. The SMILES string of the molecule is O=C(CN1C(=O)c2cccc3cccc1c23)N/N=C\c1ccco1. The van der Waals surface area contributed by atoms with Crippen molar-refractivity contribution < 1.29 is 14.0 Å². The second kappa shape index (κ2) is 5.66. The van der Waals surface area contributed by atoms with Crippen LogP contribution in [-0.2, 0) is 4.79 Å². The van der Waals surface area contributed by atoms with E-state index < -0.39 is 0 Å². The maximum atomic E-state index is 12.6. The van der Waals surface area contributed by atoms with Crippen molar-refractivity contribution in [1.29, 1.82) is 0 Å². The maximum absolute atomic E-state index is 12.6. The zero-order valence-electron chi connectivity index (χ0n) is 12.6. The summed E-state index contributed by atoms with van der Waals surface area (Å²) in [5.74, 6) is -0.0207. The number of rotatable bonds is 4. The molecule has 1 N–H and O–H groups in total. The first-order chi connectivity index (χ1) is 11.7. The lowest BCUT2D eigenvalue weighted by Gasteiger charge is -2.16. The molecule has 0 bridgehead atoms. The topological polar surface area (TPSA) is 74.9 Å². The van der Waals surface area contributed by atoms with Crippen LogP contribution in [-0.4, -0.2) is 24.6 Å². The minimum Gasteiger partial charge on any atom is -0.463 e. The Morgan fingerprint density at radius 2 is 2.00 bits per heavy atom. The number of hydrazone groups is 1.